The van der Waals surface area contributed by atoms with Crippen LogP contribution in [0.3, 0.4) is 0 Å². The molecule has 0 bridgehead atoms. The van der Waals surface area contributed by atoms with Gasteiger partial charge in [-0.2, -0.15) is 8.75 Å². The summed E-state index contributed by atoms with van der Waals surface area (Å²) >= 11 is 7.98. The van der Waals surface area contributed by atoms with Crippen molar-refractivity contribution in [3.8, 4) is 0 Å². The van der Waals surface area contributed by atoms with Gasteiger partial charge in [-0.25, -0.2) is 8.42 Å². The third-order valence-electron chi connectivity index (χ3n) is 1.11. The van der Waals surface area contributed by atoms with Crippen molar-refractivity contribution in [2.75, 3.05) is 17.8 Å². The summed E-state index contributed by atoms with van der Waals surface area (Å²) in [5.41, 5.74) is 0. The molecule has 0 saturated heterocycles. The van der Waals surface area contributed by atoms with E-state index in [1.54, 1.807) is 0 Å². The molecule has 13 heavy (non-hydrogen) atoms. The molecule has 0 fully saturated rings. The smallest absolute Gasteiger partial charge is 0.176 e. The van der Waals surface area contributed by atoms with Gasteiger partial charge < -0.3 is 0 Å². The first-order chi connectivity index (χ1) is 5.99. The van der Waals surface area contributed by atoms with Crippen LogP contribution in [0.15, 0.2) is 5.03 Å². The topological polar surface area (TPSA) is 59.9 Å². The van der Waals surface area contributed by atoms with Crippen LogP contribution < -0.4 is 0 Å². The maximum atomic E-state index is 10.8. The van der Waals surface area contributed by atoms with Crippen molar-refractivity contribution < 1.29 is 8.42 Å². The summed E-state index contributed by atoms with van der Waals surface area (Å²) in [6.45, 7) is 0. The highest BCUT2D eigenvalue weighted by Gasteiger charge is 2.07. The van der Waals surface area contributed by atoms with E-state index in [-0.39, 0.29) is 5.75 Å². The predicted molar refractivity (Wildman–Crippen MR) is 55.4 cm³/mol. The molecule has 1 aromatic heterocycles. The Bertz CT molecular complexity index is 375. The normalized spacial score (nSPS) is 11.8. The lowest BCUT2D eigenvalue weighted by molar-refractivity contribution is 0.603. The van der Waals surface area contributed by atoms with Crippen molar-refractivity contribution in [3.63, 3.8) is 0 Å². The quantitative estimate of drug-likeness (QED) is 0.763. The molecule has 4 nitrogen and oxygen atoms in total. The summed E-state index contributed by atoms with van der Waals surface area (Å²) < 4.78 is 29.2. The molecule has 1 rings (SSSR count). The second-order valence-corrected chi connectivity index (χ2v) is 6.57. The highest BCUT2D eigenvalue weighted by Crippen LogP contribution is 2.24. The van der Waals surface area contributed by atoms with E-state index in [1.807, 2.05) is 0 Å². The molecule has 0 aliphatic rings. The molecule has 0 N–H and O–H groups in total. The van der Waals surface area contributed by atoms with E-state index in [9.17, 15) is 8.42 Å². The summed E-state index contributed by atoms with van der Waals surface area (Å²) in [6, 6.07) is 0. The minimum atomic E-state index is -2.90. The molecule has 1 heterocycles. The molecule has 0 spiro atoms. The van der Waals surface area contributed by atoms with Gasteiger partial charge in [-0.1, -0.05) is 11.6 Å². The average Bonchev–Trinajstić information content (AvgIpc) is 2.34. The monoisotopic (exact) mass is 258 g/mol. The molecule has 0 unspecified atom stereocenters. The van der Waals surface area contributed by atoms with Crippen molar-refractivity contribution in [2.45, 2.75) is 5.03 Å². The second-order valence-electron chi connectivity index (χ2n) is 2.34. The van der Waals surface area contributed by atoms with Crippen molar-refractivity contribution in [2.24, 2.45) is 0 Å². The SMILES string of the molecule is CS(=O)(=O)CCSc1nsnc1Cl. The summed E-state index contributed by atoms with van der Waals surface area (Å²) in [4.78, 5) is 0. The van der Waals surface area contributed by atoms with E-state index in [1.165, 1.54) is 18.0 Å². The minimum absolute atomic E-state index is 0.130. The standard InChI is InChI=1S/C5H7ClN2O2S3/c1-13(9,10)3-2-11-5-4(6)7-12-8-5/h2-3H2,1H3. The van der Waals surface area contributed by atoms with Crippen LogP contribution in [0.5, 0.6) is 0 Å². The number of hydrogen-bond acceptors (Lipinski definition) is 6. The van der Waals surface area contributed by atoms with Gasteiger partial charge in [0.15, 0.2) is 5.15 Å². The lowest BCUT2D eigenvalue weighted by Gasteiger charge is -1.95. The Morgan fingerprint density at radius 3 is 2.69 bits per heavy atom. The summed E-state index contributed by atoms with van der Waals surface area (Å²) in [5, 5.41) is 0.957. The molecule has 8 heteroatoms. The van der Waals surface area contributed by atoms with Gasteiger partial charge in [-0.15, -0.1) is 11.8 Å². The minimum Gasteiger partial charge on any atom is -0.229 e. The van der Waals surface area contributed by atoms with Crippen molar-refractivity contribution in [3.05, 3.63) is 5.15 Å². The van der Waals surface area contributed by atoms with E-state index in [2.05, 4.69) is 8.75 Å². The largest absolute Gasteiger partial charge is 0.229 e. The number of aromatic nitrogens is 2. The van der Waals surface area contributed by atoms with Gasteiger partial charge in [-0.05, 0) is 0 Å². The summed E-state index contributed by atoms with van der Waals surface area (Å²) in [7, 11) is -2.90. The summed E-state index contributed by atoms with van der Waals surface area (Å²) in [5.74, 6) is 0.593. The molecule has 0 aliphatic carbocycles. The molecule has 0 radical (unpaired) electrons. The van der Waals surface area contributed by atoms with Gasteiger partial charge in [0.2, 0.25) is 0 Å². The average molecular weight is 259 g/mol. The van der Waals surface area contributed by atoms with Gasteiger partial charge in [0, 0.05) is 12.0 Å². The first-order valence-corrected chi connectivity index (χ1v) is 7.43. The van der Waals surface area contributed by atoms with Crippen LogP contribution in [-0.2, 0) is 9.84 Å². The molecule has 0 atom stereocenters. The van der Waals surface area contributed by atoms with E-state index in [0.29, 0.717) is 15.9 Å². The van der Waals surface area contributed by atoms with Crippen molar-refractivity contribution >= 4 is 44.9 Å². The fraction of sp³-hybridized carbons (Fsp3) is 0.600. The zero-order chi connectivity index (χ0) is 9.90. The molecular formula is C5H7ClN2O2S3. The van der Waals surface area contributed by atoms with Gasteiger partial charge in [-0.3, -0.25) is 0 Å². The lowest BCUT2D eigenvalue weighted by Crippen LogP contribution is -2.04. The molecule has 1 aromatic rings. The molecule has 0 aromatic carbocycles. The Labute approximate surface area is 89.9 Å². The van der Waals surface area contributed by atoms with E-state index < -0.39 is 9.84 Å². The van der Waals surface area contributed by atoms with Crippen LogP contribution in [0.25, 0.3) is 0 Å². The van der Waals surface area contributed by atoms with Crippen LogP contribution in [0.2, 0.25) is 5.15 Å². The third kappa shape index (κ3) is 4.26. The van der Waals surface area contributed by atoms with Crippen LogP contribution in [0.4, 0.5) is 0 Å². The maximum Gasteiger partial charge on any atom is 0.176 e. The van der Waals surface area contributed by atoms with E-state index in [4.69, 9.17) is 11.6 Å². The predicted octanol–water partition coefficient (Wildman–Crippen LogP) is 1.33. The van der Waals surface area contributed by atoms with Gasteiger partial charge in [0.05, 0.1) is 17.5 Å². The van der Waals surface area contributed by atoms with Crippen LogP contribution in [0.1, 0.15) is 0 Å². The maximum absolute atomic E-state index is 10.8. The highest BCUT2D eigenvalue weighted by molar-refractivity contribution is 8.00. The Morgan fingerprint density at radius 2 is 2.23 bits per heavy atom. The van der Waals surface area contributed by atoms with Gasteiger partial charge >= 0.3 is 0 Å². The third-order valence-corrected chi connectivity index (χ3v) is 4.40. The lowest BCUT2D eigenvalue weighted by atomic mass is 10.9. The zero-order valence-corrected chi connectivity index (χ0v) is 9.93. The fourth-order valence-corrected chi connectivity index (χ4v) is 3.52. The van der Waals surface area contributed by atoms with Crippen LogP contribution in [0, 0.1) is 0 Å². The second kappa shape index (κ2) is 4.59. The van der Waals surface area contributed by atoms with Gasteiger partial charge in [0.1, 0.15) is 14.9 Å². The molecule has 0 aliphatic heterocycles. The van der Waals surface area contributed by atoms with Crippen LogP contribution in [-0.4, -0.2) is 34.9 Å². The zero-order valence-electron chi connectivity index (χ0n) is 6.73. The molecular weight excluding hydrogens is 252 g/mol. The van der Waals surface area contributed by atoms with E-state index in [0.717, 1.165) is 11.7 Å². The number of hydrogen-bond donors (Lipinski definition) is 0. The van der Waals surface area contributed by atoms with E-state index >= 15 is 0 Å². The Hall–Kier alpha value is 0.150. The highest BCUT2D eigenvalue weighted by atomic mass is 35.5. The Morgan fingerprint density at radius 1 is 1.54 bits per heavy atom. The first kappa shape index (κ1) is 11.2. The Balaban J connectivity index is 2.41. The fourth-order valence-electron chi connectivity index (χ4n) is 0.546. The molecule has 74 valence electrons. The Kier molecular flexibility index (Phi) is 3.96. The number of sulfone groups is 1. The van der Waals surface area contributed by atoms with Crippen LogP contribution >= 0.6 is 35.1 Å². The molecule has 0 saturated carbocycles. The van der Waals surface area contributed by atoms with Gasteiger partial charge in [0.25, 0.3) is 0 Å². The van der Waals surface area contributed by atoms with Crippen molar-refractivity contribution in [1.29, 1.82) is 0 Å². The number of thioether (sulfide) groups is 1. The number of rotatable bonds is 4. The number of nitrogens with zero attached hydrogens (tertiary/aromatic N) is 2. The summed E-state index contributed by atoms with van der Waals surface area (Å²) in [6.07, 6.45) is 1.20. The molecule has 0 amide bonds. The van der Waals surface area contributed by atoms with Crippen molar-refractivity contribution in [1.82, 2.24) is 8.75 Å². The number of halogens is 1. The first-order valence-electron chi connectivity index (χ1n) is 3.27.